The largest absolute Gasteiger partial charge is 0.421 e. The third-order valence-electron chi connectivity index (χ3n) is 4.54. The molecule has 0 spiro atoms. The molecule has 0 saturated heterocycles. The van der Waals surface area contributed by atoms with Gasteiger partial charge in [0.2, 0.25) is 12.5 Å². The fraction of sp³-hybridized carbons (Fsp3) is 0.421. The average Bonchev–Trinajstić information content (AvgIpc) is 3.51. The van der Waals surface area contributed by atoms with Gasteiger partial charge >= 0.3 is 6.18 Å². The highest BCUT2D eigenvalue weighted by atomic mass is 19.4. The van der Waals surface area contributed by atoms with Crippen LogP contribution in [-0.2, 0) is 6.18 Å². The van der Waals surface area contributed by atoms with Crippen molar-refractivity contribution in [3.63, 3.8) is 0 Å². The Labute approximate surface area is 171 Å². The molecule has 30 heavy (non-hydrogen) atoms. The molecule has 1 fully saturated rings. The zero-order valence-corrected chi connectivity index (χ0v) is 16.4. The van der Waals surface area contributed by atoms with Crippen LogP contribution in [-0.4, -0.2) is 46.6 Å². The monoisotopic (exact) mass is 422 g/mol. The van der Waals surface area contributed by atoms with Crippen molar-refractivity contribution in [1.82, 2.24) is 9.97 Å². The first-order chi connectivity index (χ1) is 14.3. The van der Waals surface area contributed by atoms with E-state index in [-0.39, 0.29) is 24.4 Å². The number of hydrogen-bond acceptors (Lipinski definition) is 7. The SMILES string of the molecule is CC[N+](=O)CCNc1cccc(Nc2ncc(C(F)(F)F)c(NC3CC3)n2)c1C=N. The molecule has 11 heteroatoms. The highest BCUT2D eigenvalue weighted by Crippen LogP contribution is 2.36. The van der Waals surface area contributed by atoms with Crippen molar-refractivity contribution in [3.8, 4) is 0 Å². The van der Waals surface area contributed by atoms with E-state index in [0.717, 1.165) is 30.0 Å². The Kier molecular flexibility index (Phi) is 6.48. The number of aromatic nitrogens is 2. The Hall–Kier alpha value is -3.24. The minimum Gasteiger partial charge on any atom is -0.378 e. The summed E-state index contributed by atoms with van der Waals surface area (Å²) in [6, 6.07) is 5.13. The predicted octanol–water partition coefficient (Wildman–Crippen LogP) is 4.02. The fourth-order valence-electron chi connectivity index (χ4n) is 2.76. The Morgan fingerprint density at radius 2 is 2.03 bits per heavy atom. The number of anilines is 4. The van der Waals surface area contributed by atoms with E-state index in [4.69, 9.17) is 5.41 Å². The first-order valence-electron chi connectivity index (χ1n) is 9.59. The standard InChI is InChI=1S/C19H23F3N7O/c1-2-29(30)9-8-24-15-4-3-5-16(13(15)10-23)27-18-25-11-14(19(20,21)22)17(28-18)26-12-6-7-12/h3-5,10-12,23-24H,2,6-9H2,1H3,(H2,25,26,27,28)/q+1. The summed E-state index contributed by atoms with van der Waals surface area (Å²) in [4.78, 5) is 19.2. The van der Waals surface area contributed by atoms with Crippen molar-refractivity contribution in [1.29, 1.82) is 5.41 Å². The summed E-state index contributed by atoms with van der Waals surface area (Å²) in [5.74, 6) is -0.272. The smallest absolute Gasteiger partial charge is 0.378 e. The number of benzene rings is 1. The van der Waals surface area contributed by atoms with Crippen LogP contribution in [0.5, 0.6) is 0 Å². The summed E-state index contributed by atoms with van der Waals surface area (Å²) in [5, 5.41) is 16.5. The third-order valence-corrected chi connectivity index (χ3v) is 4.54. The lowest BCUT2D eigenvalue weighted by atomic mass is 10.1. The van der Waals surface area contributed by atoms with Gasteiger partial charge in [-0.3, -0.25) is 0 Å². The molecule has 0 bridgehead atoms. The molecular weight excluding hydrogens is 399 g/mol. The highest BCUT2D eigenvalue weighted by Gasteiger charge is 2.36. The van der Waals surface area contributed by atoms with Gasteiger partial charge in [0.15, 0.2) is 6.54 Å². The van der Waals surface area contributed by atoms with Crippen LogP contribution in [0.15, 0.2) is 24.4 Å². The minimum atomic E-state index is -4.56. The Balaban J connectivity index is 1.82. The predicted molar refractivity (Wildman–Crippen MR) is 109 cm³/mol. The molecule has 0 atom stereocenters. The van der Waals surface area contributed by atoms with Crippen LogP contribution in [0.3, 0.4) is 0 Å². The van der Waals surface area contributed by atoms with E-state index in [1.54, 1.807) is 25.1 Å². The lowest BCUT2D eigenvalue weighted by molar-refractivity contribution is -0.542. The van der Waals surface area contributed by atoms with Crippen LogP contribution in [0.2, 0.25) is 0 Å². The van der Waals surface area contributed by atoms with E-state index in [1.807, 2.05) is 0 Å². The number of nitroso groups, excluding NO2 is 1. The molecule has 0 amide bonds. The zero-order valence-electron chi connectivity index (χ0n) is 16.4. The van der Waals surface area contributed by atoms with E-state index >= 15 is 0 Å². The Morgan fingerprint density at radius 1 is 1.30 bits per heavy atom. The molecule has 0 aliphatic heterocycles. The van der Waals surface area contributed by atoms with Gasteiger partial charge in [0.25, 0.3) is 0 Å². The summed E-state index contributed by atoms with van der Waals surface area (Å²) in [6.07, 6.45) is -1.09. The Bertz CT molecular complexity index is 929. The van der Waals surface area contributed by atoms with Gasteiger partial charge in [-0.2, -0.15) is 18.2 Å². The summed E-state index contributed by atoms with van der Waals surface area (Å²) in [5.41, 5.74) is 0.636. The number of alkyl halides is 3. The maximum atomic E-state index is 13.2. The van der Waals surface area contributed by atoms with Crippen molar-refractivity contribution < 1.29 is 17.9 Å². The van der Waals surface area contributed by atoms with Crippen LogP contribution < -0.4 is 16.0 Å². The molecule has 8 nitrogen and oxygen atoms in total. The van der Waals surface area contributed by atoms with Crippen LogP contribution >= 0.6 is 0 Å². The highest BCUT2D eigenvalue weighted by molar-refractivity contribution is 5.94. The molecule has 4 N–H and O–H groups in total. The summed E-state index contributed by atoms with van der Waals surface area (Å²) >= 11 is 0. The molecule has 1 saturated carbocycles. The van der Waals surface area contributed by atoms with Crippen LogP contribution in [0.4, 0.5) is 36.3 Å². The van der Waals surface area contributed by atoms with E-state index in [9.17, 15) is 18.1 Å². The van der Waals surface area contributed by atoms with Gasteiger partial charge in [-0.15, -0.1) is 0 Å². The fourth-order valence-corrected chi connectivity index (χ4v) is 2.76. The van der Waals surface area contributed by atoms with Gasteiger partial charge in [-0.1, -0.05) is 6.07 Å². The number of rotatable bonds is 10. The van der Waals surface area contributed by atoms with E-state index < -0.39 is 11.7 Å². The number of hydrogen-bond donors (Lipinski definition) is 4. The maximum absolute atomic E-state index is 13.2. The van der Waals surface area contributed by atoms with Crippen molar-refractivity contribution in [3.05, 3.63) is 40.4 Å². The molecule has 2 aromatic rings. The van der Waals surface area contributed by atoms with Crippen molar-refractivity contribution in [2.24, 2.45) is 0 Å². The third kappa shape index (κ3) is 5.43. The molecule has 3 rings (SSSR count). The summed E-state index contributed by atoms with van der Waals surface area (Å²) in [7, 11) is 0. The van der Waals surface area contributed by atoms with Gasteiger partial charge in [-0.25, -0.2) is 4.98 Å². The van der Waals surface area contributed by atoms with Crippen molar-refractivity contribution >= 4 is 29.4 Å². The normalized spacial score (nSPS) is 13.6. The summed E-state index contributed by atoms with van der Waals surface area (Å²) < 4.78 is 40.6. The number of likely N-dealkylation sites (N-methyl/N-ethyl adjacent to an activating group) is 1. The number of nitrogens with one attached hydrogen (secondary N) is 4. The second-order valence-electron chi connectivity index (χ2n) is 6.86. The van der Waals surface area contributed by atoms with E-state index in [0.29, 0.717) is 30.0 Å². The maximum Gasteiger partial charge on any atom is 0.421 e. The van der Waals surface area contributed by atoms with Crippen molar-refractivity contribution in [2.75, 3.05) is 35.6 Å². The summed E-state index contributed by atoms with van der Waals surface area (Å²) in [6.45, 7) is 2.80. The number of halogens is 3. The molecule has 1 aliphatic rings. The van der Waals surface area contributed by atoms with Crippen LogP contribution in [0.1, 0.15) is 30.9 Å². The second kappa shape index (κ2) is 9.06. The molecular formula is C19H23F3N7O+. The van der Waals surface area contributed by atoms with Crippen LogP contribution in [0.25, 0.3) is 0 Å². The minimum absolute atomic E-state index is 0.0110. The lowest BCUT2D eigenvalue weighted by Gasteiger charge is -2.16. The van der Waals surface area contributed by atoms with Gasteiger partial charge in [0, 0.05) is 34.6 Å². The quantitative estimate of drug-likeness (QED) is 0.340. The van der Waals surface area contributed by atoms with E-state index in [1.165, 1.54) is 0 Å². The molecule has 160 valence electrons. The Morgan fingerprint density at radius 3 is 2.67 bits per heavy atom. The second-order valence-corrected chi connectivity index (χ2v) is 6.86. The molecule has 1 heterocycles. The van der Waals surface area contributed by atoms with E-state index in [2.05, 4.69) is 25.9 Å². The zero-order chi connectivity index (χ0) is 21.7. The van der Waals surface area contributed by atoms with Gasteiger partial charge in [-0.05, 0) is 36.7 Å². The van der Waals surface area contributed by atoms with Crippen LogP contribution in [0, 0.1) is 10.3 Å². The van der Waals surface area contributed by atoms with Gasteiger partial charge < -0.3 is 21.4 Å². The molecule has 1 aromatic heterocycles. The first-order valence-corrected chi connectivity index (χ1v) is 9.59. The topological polar surface area (TPSA) is 106 Å². The van der Waals surface area contributed by atoms with Gasteiger partial charge in [0.1, 0.15) is 11.4 Å². The first kappa shape index (κ1) is 21.5. The molecule has 1 aromatic carbocycles. The number of nitrogens with zero attached hydrogens (tertiary/aromatic N) is 3. The molecule has 1 aliphatic carbocycles. The van der Waals surface area contributed by atoms with Gasteiger partial charge in [0.05, 0.1) is 12.2 Å². The molecule has 0 radical (unpaired) electrons. The average molecular weight is 422 g/mol. The molecule has 0 unspecified atom stereocenters. The van der Waals surface area contributed by atoms with Crippen molar-refractivity contribution in [2.45, 2.75) is 32.0 Å². The lowest BCUT2D eigenvalue weighted by Crippen LogP contribution is -2.18.